The van der Waals surface area contributed by atoms with Crippen LogP contribution in [0.15, 0.2) is 47.4 Å². The lowest BCUT2D eigenvalue weighted by Gasteiger charge is -2.24. The van der Waals surface area contributed by atoms with Gasteiger partial charge in [-0.2, -0.15) is 0 Å². The quantitative estimate of drug-likeness (QED) is 0.557. The third kappa shape index (κ3) is 5.57. The highest BCUT2D eigenvalue weighted by atomic mass is 32.2. The van der Waals surface area contributed by atoms with E-state index in [0.29, 0.717) is 5.75 Å². The highest BCUT2D eigenvalue weighted by molar-refractivity contribution is 7.98. The van der Waals surface area contributed by atoms with Crippen LogP contribution in [-0.2, 0) is 15.3 Å². The summed E-state index contributed by atoms with van der Waals surface area (Å²) in [6, 6.07) is 13.5. The molecule has 1 aliphatic carbocycles. The number of para-hydroxylation sites is 1. The molecule has 2 amide bonds. The van der Waals surface area contributed by atoms with E-state index in [-0.39, 0.29) is 17.7 Å². The molecule has 30 heavy (non-hydrogen) atoms. The van der Waals surface area contributed by atoms with Gasteiger partial charge in [-0.25, -0.2) is 0 Å². The van der Waals surface area contributed by atoms with E-state index < -0.39 is 5.41 Å². The Labute approximate surface area is 183 Å². The van der Waals surface area contributed by atoms with Crippen molar-refractivity contribution >= 4 is 35.0 Å². The lowest BCUT2D eigenvalue weighted by molar-refractivity contribution is -0.123. The summed E-state index contributed by atoms with van der Waals surface area (Å²) in [5.41, 5.74) is 2.12. The van der Waals surface area contributed by atoms with Gasteiger partial charge in [-0.15, -0.1) is 11.8 Å². The molecule has 0 heterocycles. The number of carbonyl (C=O) groups is 2. The van der Waals surface area contributed by atoms with Crippen LogP contribution in [0.2, 0.25) is 0 Å². The highest BCUT2D eigenvalue weighted by Crippen LogP contribution is 2.35. The Bertz CT molecular complexity index is 917. The molecule has 0 saturated heterocycles. The van der Waals surface area contributed by atoms with Gasteiger partial charge in [0, 0.05) is 33.2 Å². The van der Waals surface area contributed by atoms with E-state index in [1.54, 1.807) is 18.9 Å². The fourth-order valence-electron chi connectivity index (χ4n) is 3.04. The van der Waals surface area contributed by atoms with Gasteiger partial charge in [-0.3, -0.25) is 9.59 Å². The molecule has 160 valence electrons. The lowest BCUT2D eigenvalue weighted by atomic mass is 9.85. The van der Waals surface area contributed by atoms with Crippen molar-refractivity contribution in [3.05, 3.63) is 48.0 Å². The molecule has 1 saturated carbocycles. The minimum atomic E-state index is -0.464. The van der Waals surface area contributed by atoms with Crippen LogP contribution in [0.1, 0.15) is 45.6 Å². The van der Waals surface area contributed by atoms with Crippen LogP contribution in [0.3, 0.4) is 0 Å². The van der Waals surface area contributed by atoms with Crippen molar-refractivity contribution in [2.45, 2.75) is 50.7 Å². The van der Waals surface area contributed by atoms with Crippen molar-refractivity contribution < 1.29 is 14.3 Å². The van der Waals surface area contributed by atoms with Crippen molar-refractivity contribution in [2.24, 2.45) is 11.3 Å². The van der Waals surface area contributed by atoms with Crippen LogP contribution in [0, 0.1) is 11.3 Å². The normalized spacial score (nSPS) is 14.0. The van der Waals surface area contributed by atoms with E-state index in [1.807, 2.05) is 63.2 Å². The maximum Gasteiger partial charge on any atom is 0.229 e. The van der Waals surface area contributed by atoms with Crippen molar-refractivity contribution in [3.8, 4) is 5.75 Å². The molecule has 5 nitrogen and oxygen atoms in total. The van der Waals surface area contributed by atoms with Gasteiger partial charge >= 0.3 is 0 Å². The molecule has 2 aromatic carbocycles. The first-order valence-corrected chi connectivity index (χ1v) is 11.3. The summed E-state index contributed by atoms with van der Waals surface area (Å²) in [7, 11) is 1.65. The third-order valence-electron chi connectivity index (χ3n) is 5.22. The molecule has 3 rings (SSSR count). The fraction of sp³-hybridized carbons (Fsp3) is 0.417. The minimum Gasteiger partial charge on any atom is -0.496 e. The van der Waals surface area contributed by atoms with Crippen LogP contribution in [-0.4, -0.2) is 18.9 Å². The number of methoxy groups -OCH3 is 1. The zero-order valence-electron chi connectivity index (χ0n) is 18.1. The molecule has 0 spiro atoms. The summed E-state index contributed by atoms with van der Waals surface area (Å²) in [4.78, 5) is 25.7. The van der Waals surface area contributed by atoms with E-state index >= 15 is 0 Å². The Morgan fingerprint density at radius 2 is 1.83 bits per heavy atom. The minimum absolute atomic E-state index is 0.0196. The summed E-state index contributed by atoms with van der Waals surface area (Å²) in [5.74, 6) is 1.65. The summed E-state index contributed by atoms with van der Waals surface area (Å²) < 4.78 is 5.52. The van der Waals surface area contributed by atoms with Crippen molar-refractivity contribution in [1.29, 1.82) is 0 Å². The molecule has 0 aliphatic heterocycles. The van der Waals surface area contributed by atoms with E-state index in [1.165, 1.54) is 0 Å². The average Bonchev–Trinajstić information content (AvgIpc) is 2.65. The Morgan fingerprint density at radius 1 is 1.10 bits per heavy atom. The molecule has 2 N–H and O–H groups in total. The zero-order chi connectivity index (χ0) is 21.7. The summed E-state index contributed by atoms with van der Waals surface area (Å²) in [6.07, 6.45) is 3.08. The number of ether oxygens (including phenoxy) is 1. The van der Waals surface area contributed by atoms with E-state index in [0.717, 1.165) is 46.8 Å². The molecular formula is C24H30N2O3S. The first-order chi connectivity index (χ1) is 14.3. The summed E-state index contributed by atoms with van der Waals surface area (Å²) in [5, 5.41) is 6.06. The Hall–Kier alpha value is -2.47. The topological polar surface area (TPSA) is 67.4 Å². The van der Waals surface area contributed by atoms with Gasteiger partial charge in [0.25, 0.3) is 0 Å². The molecule has 2 aromatic rings. The molecule has 1 aliphatic rings. The summed E-state index contributed by atoms with van der Waals surface area (Å²) in [6.45, 7) is 5.69. The van der Waals surface area contributed by atoms with Crippen molar-refractivity contribution in [2.75, 3.05) is 17.7 Å². The number of amides is 2. The molecule has 1 fully saturated rings. The predicted octanol–water partition coefficient (Wildman–Crippen LogP) is 5.71. The van der Waals surface area contributed by atoms with Gasteiger partial charge in [-0.1, -0.05) is 39.3 Å². The SMILES string of the molecule is COc1ccc(NC(=O)C2CCC2)cc1CSc1ccccc1NC(=O)C(C)(C)C. The first kappa shape index (κ1) is 22.2. The standard InChI is InChI=1S/C24H30N2O3S/c1-24(2,3)23(28)26-19-10-5-6-11-21(19)30-15-17-14-18(12-13-20(17)29-4)25-22(27)16-8-7-9-16/h5-6,10-14,16H,7-9,15H2,1-4H3,(H,25,27)(H,26,28). The predicted molar refractivity (Wildman–Crippen MR) is 123 cm³/mol. The van der Waals surface area contributed by atoms with Gasteiger partial charge in [0.15, 0.2) is 0 Å². The third-order valence-corrected chi connectivity index (χ3v) is 6.35. The zero-order valence-corrected chi connectivity index (χ0v) is 18.9. The number of carbonyl (C=O) groups excluding carboxylic acids is 2. The average molecular weight is 427 g/mol. The molecular weight excluding hydrogens is 396 g/mol. The molecule has 0 bridgehead atoms. The van der Waals surface area contributed by atoms with Gasteiger partial charge in [0.2, 0.25) is 11.8 Å². The maximum atomic E-state index is 12.4. The van der Waals surface area contributed by atoms with Crippen LogP contribution in [0.5, 0.6) is 5.75 Å². The fourth-order valence-corrected chi connectivity index (χ4v) is 4.03. The second kappa shape index (κ2) is 9.56. The number of hydrogen-bond donors (Lipinski definition) is 2. The Balaban J connectivity index is 1.72. The number of nitrogens with one attached hydrogen (secondary N) is 2. The second-order valence-corrected chi connectivity index (χ2v) is 9.65. The van der Waals surface area contributed by atoms with E-state index in [2.05, 4.69) is 10.6 Å². The number of thioether (sulfide) groups is 1. The second-order valence-electron chi connectivity index (χ2n) is 8.63. The smallest absolute Gasteiger partial charge is 0.229 e. The van der Waals surface area contributed by atoms with Crippen LogP contribution < -0.4 is 15.4 Å². The number of benzene rings is 2. The number of anilines is 2. The Morgan fingerprint density at radius 3 is 2.47 bits per heavy atom. The monoisotopic (exact) mass is 426 g/mol. The van der Waals surface area contributed by atoms with Gasteiger partial charge in [0.1, 0.15) is 5.75 Å². The largest absolute Gasteiger partial charge is 0.496 e. The molecule has 6 heteroatoms. The molecule has 0 aromatic heterocycles. The summed E-state index contributed by atoms with van der Waals surface area (Å²) >= 11 is 1.62. The number of hydrogen-bond acceptors (Lipinski definition) is 4. The lowest BCUT2D eigenvalue weighted by Crippen LogP contribution is -2.28. The molecule has 0 radical (unpaired) electrons. The van der Waals surface area contributed by atoms with Crippen LogP contribution in [0.4, 0.5) is 11.4 Å². The van der Waals surface area contributed by atoms with Crippen molar-refractivity contribution in [1.82, 2.24) is 0 Å². The molecule has 0 atom stereocenters. The first-order valence-electron chi connectivity index (χ1n) is 10.3. The highest BCUT2D eigenvalue weighted by Gasteiger charge is 2.25. The van der Waals surface area contributed by atoms with Gasteiger partial charge in [0.05, 0.1) is 12.8 Å². The Kier molecular flexibility index (Phi) is 7.08. The molecule has 0 unspecified atom stereocenters. The van der Waals surface area contributed by atoms with Crippen LogP contribution >= 0.6 is 11.8 Å². The van der Waals surface area contributed by atoms with Crippen LogP contribution in [0.25, 0.3) is 0 Å². The van der Waals surface area contributed by atoms with Crippen molar-refractivity contribution in [3.63, 3.8) is 0 Å². The van der Waals surface area contributed by atoms with Gasteiger partial charge < -0.3 is 15.4 Å². The number of rotatable bonds is 7. The van der Waals surface area contributed by atoms with Gasteiger partial charge in [-0.05, 0) is 43.2 Å². The maximum absolute atomic E-state index is 12.4. The van der Waals surface area contributed by atoms with E-state index in [9.17, 15) is 9.59 Å². The van der Waals surface area contributed by atoms with E-state index in [4.69, 9.17) is 4.74 Å².